The summed E-state index contributed by atoms with van der Waals surface area (Å²) in [6.45, 7) is -2.29. The predicted octanol–water partition coefficient (Wildman–Crippen LogP) is 3.17. The van der Waals surface area contributed by atoms with E-state index in [2.05, 4.69) is 20.4 Å². The van der Waals surface area contributed by atoms with Gasteiger partial charge in [0.05, 0.1) is 18.3 Å². The van der Waals surface area contributed by atoms with Gasteiger partial charge in [0.1, 0.15) is 5.82 Å². The van der Waals surface area contributed by atoms with Crippen molar-refractivity contribution < 1.29 is 8.78 Å². The molecule has 0 atom stereocenters. The van der Waals surface area contributed by atoms with Crippen LogP contribution in [0.1, 0.15) is 44.1 Å². The summed E-state index contributed by atoms with van der Waals surface area (Å²) in [6, 6.07) is 7.24. The summed E-state index contributed by atoms with van der Waals surface area (Å²) in [6.07, 6.45) is 9.34. The van der Waals surface area contributed by atoms with Gasteiger partial charge in [0.15, 0.2) is 0 Å². The summed E-state index contributed by atoms with van der Waals surface area (Å²) in [5.41, 5.74) is 1.54. The van der Waals surface area contributed by atoms with Gasteiger partial charge in [-0.05, 0) is 43.9 Å². The molecule has 3 aromatic rings. The molecule has 0 unspecified atom stereocenters. The quantitative estimate of drug-likeness (QED) is 0.688. The summed E-state index contributed by atoms with van der Waals surface area (Å²) >= 11 is 0. The zero-order chi connectivity index (χ0) is 20.2. The molecule has 4 rings (SSSR count). The Morgan fingerprint density at radius 2 is 1.83 bits per heavy atom. The molecule has 3 aromatic heterocycles. The van der Waals surface area contributed by atoms with Crippen LogP contribution in [-0.4, -0.2) is 30.4 Å². The number of pyridine rings is 1. The first-order chi connectivity index (χ1) is 14.1. The lowest BCUT2D eigenvalue weighted by molar-refractivity contribution is 0.0663. The molecule has 1 aliphatic rings. The van der Waals surface area contributed by atoms with Gasteiger partial charge in [-0.25, -0.2) is 9.67 Å². The highest BCUT2D eigenvalue weighted by atomic mass is 19.3. The van der Waals surface area contributed by atoms with Crippen molar-refractivity contribution in [3.8, 4) is 11.3 Å². The van der Waals surface area contributed by atoms with Gasteiger partial charge in [0, 0.05) is 42.5 Å². The minimum Gasteiger partial charge on any atom is -0.307 e. The summed E-state index contributed by atoms with van der Waals surface area (Å²) in [5, 5.41) is 7.88. The molecule has 0 aliphatic heterocycles. The van der Waals surface area contributed by atoms with E-state index >= 15 is 0 Å². The fourth-order valence-corrected chi connectivity index (χ4v) is 3.78. The van der Waals surface area contributed by atoms with Gasteiger partial charge < -0.3 is 5.32 Å². The average Bonchev–Trinajstić information content (AvgIpc) is 3.23. The lowest BCUT2D eigenvalue weighted by atomic mass is 9.91. The molecule has 152 valence electrons. The third-order valence-corrected chi connectivity index (χ3v) is 5.35. The van der Waals surface area contributed by atoms with Crippen LogP contribution in [0.2, 0.25) is 0 Å². The van der Waals surface area contributed by atoms with Crippen molar-refractivity contribution in [1.29, 1.82) is 0 Å². The molecule has 9 heteroatoms. The Kier molecular flexibility index (Phi) is 5.75. The molecule has 1 fully saturated rings. The number of imidazole rings is 1. The maximum Gasteiger partial charge on any atom is 0.319 e. The maximum absolute atomic E-state index is 12.9. The molecule has 0 amide bonds. The van der Waals surface area contributed by atoms with Crippen molar-refractivity contribution in [2.45, 2.75) is 50.9 Å². The number of alkyl halides is 2. The minimum atomic E-state index is -2.59. The fourth-order valence-electron chi connectivity index (χ4n) is 3.78. The monoisotopic (exact) mass is 400 g/mol. The zero-order valence-electron chi connectivity index (χ0n) is 15.8. The smallest absolute Gasteiger partial charge is 0.307 e. The molecule has 1 saturated carbocycles. The Balaban J connectivity index is 1.38. The number of nitrogens with zero attached hydrogens (tertiary/aromatic N) is 5. The van der Waals surface area contributed by atoms with Gasteiger partial charge in [-0.3, -0.25) is 14.3 Å². The highest BCUT2D eigenvalue weighted by Gasteiger charge is 2.24. The van der Waals surface area contributed by atoms with Gasteiger partial charge in [-0.2, -0.15) is 13.9 Å². The largest absolute Gasteiger partial charge is 0.319 e. The zero-order valence-corrected chi connectivity index (χ0v) is 15.8. The molecular formula is C20H22F2N6O. The van der Waals surface area contributed by atoms with E-state index in [1.54, 1.807) is 29.2 Å². The van der Waals surface area contributed by atoms with Gasteiger partial charge >= 0.3 is 6.55 Å². The van der Waals surface area contributed by atoms with E-state index in [0.717, 1.165) is 41.5 Å². The van der Waals surface area contributed by atoms with Crippen LogP contribution < -0.4 is 10.9 Å². The van der Waals surface area contributed by atoms with Crippen LogP contribution in [0.25, 0.3) is 11.3 Å². The summed E-state index contributed by atoms with van der Waals surface area (Å²) in [7, 11) is 0. The molecule has 1 N–H and O–H groups in total. The lowest BCUT2D eigenvalue weighted by Gasteiger charge is -2.29. The van der Waals surface area contributed by atoms with E-state index < -0.39 is 6.55 Å². The maximum atomic E-state index is 12.9. The Morgan fingerprint density at radius 1 is 1.07 bits per heavy atom. The van der Waals surface area contributed by atoms with E-state index in [0.29, 0.717) is 12.4 Å². The van der Waals surface area contributed by atoms with Crippen LogP contribution >= 0.6 is 0 Å². The van der Waals surface area contributed by atoms with Crippen molar-refractivity contribution in [3.05, 3.63) is 65.2 Å². The third kappa shape index (κ3) is 4.40. The minimum absolute atomic E-state index is 0.0328. The van der Waals surface area contributed by atoms with Gasteiger partial charge in [-0.15, -0.1) is 0 Å². The number of nitrogens with one attached hydrogen (secondary N) is 1. The Morgan fingerprint density at radius 3 is 2.55 bits per heavy atom. The van der Waals surface area contributed by atoms with Gasteiger partial charge in [0.25, 0.3) is 5.56 Å². The van der Waals surface area contributed by atoms with Gasteiger partial charge in [-0.1, -0.05) is 0 Å². The number of rotatable bonds is 6. The van der Waals surface area contributed by atoms with Crippen molar-refractivity contribution in [2.75, 3.05) is 0 Å². The second-order valence-electron chi connectivity index (χ2n) is 7.15. The van der Waals surface area contributed by atoms with Crippen molar-refractivity contribution in [1.82, 2.24) is 29.6 Å². The molecule has 0 radical (unpaired) electrons. The fraction of sp³-hybridized carbons (Fsp3) is 0.400. The first-order valence-corrected chi connectivity index (χ1v) is 9.65. The van der Waals surface area contributed by atoms with E-state index in [1.165, 1.54) is 12.4 Å². The summed E-state index contributed by atoms with van der Waals surface area (Å²) in [5.74, 6) is 0.324. The Bertz CT molecular complexity index is 995. The molecule has 7 nitrogen and oxygen atoms in total. The molecule has 0 saturated heterocycles. The van der Waals surface area contributed by atoms with Gasteiger partial charge in [0.2, 0.25) is 0 Å². The van der Waals surface area contributed by atoms with Crippen LogP contribution in [0.5, 0.6) is 0 Å². The first-order valence-electron chi connectivity index (χ1n) is 9.65. The molecule has 0 aromatic carbocycles. The first kappa shape index (κ1) is 19.4. The van der Waals surface area contributed by atoms with Crippen LogP contribution in [0.3, 0.4) is 0 Å². The second-order valence-corrected chi connectivity index (χ2v) is 7.15. The Labute approximate surface area is 166 Å². The summed E-state index contributed by atoms with van der Waals surface area (Å²) < 4.78 is 28.3. The number of hydrogen-bond acceptors (Lipinski definition) is 5. The van der Waals surface area contributed by atoms with Crippen LogP contribution in [0.4, 0.5) is 8.78 Å². The number of halogens is 2. The Hall–Kier alpha value is -2.94. The SMILES string of the molecule is O=c1ccc(-c2ccncc2)nn1C1CCC(NCc2nccn2C(F)F)CC1. The molecule has 0 spiro atoms. The molecule has 29 heavy (non-hydrogen) atoms. The normalized spacial score (nSPS) is 19.6. The van der Waals surface area contributed by atoms with E-state index in [-0.39, 0.29) is 17.6 Å². The van der Waals surface area contributed by atoms with Crippen LogP contribution in [-0.2, 0) is 6.54 Å². The second kappa shape index (κ2) is 8.60. The average molecular weight is 400 g/mol. The third-order valence-electron chi connectivity index (χ3n) is 5.35. The van der Waals surface area contributed by atoms with Crippen LogP contribution in [0, 0.1) is 0 Å². The van der Waals surface area contributed by atoms with E-state index in [9.17, 15) is 13.6 Å². The van der Waals surface area contributed by atoms with Crippen molar-refractivity contribution in [3.63, 3.8) is 0 Å². The van der Waals surface area contributed by atoms with Crippen molar-refractivity contribution in [2.24, 2.45) is 0 Å². The number of hydrogen-bond donors (Lipinski definition) is 1. The highest BCUT2D eigenvalue weighted by Crippen LogP contribution is 2.28. The highest BCUT2D eigenvalue weighted by molar-refractivity contribution is 5.57. The van der Waals surface area contributed by atoms with E-state index in [1.807, 2.05) is 12.1 Å². The van der Waals surface area contributed by atoms with Crippen LogP contribution in [0.15, 0.2) is 53.8 Å². The molecule has 0 bridgehead atoms. The van der Waals surface area contributed by atoms with Crippen molar-refractivity contribution >= 4 is 0 Å². The van der Waals surface area contributed by atoms with E-state index in [4.69, 9.17) is 0 Å². The number of aromatic nitrogens is 5. The standard InChI is InChI=1S/C20H22F2N6O/c21-20(22)27-12-11-24-18(27)13-25-15-1-3-16(4-2-15)28-19(29)6-5-17(26-28)14-7-9-23-10-8-14/h5-12,15-16,20,25H,1-4,13H2. The predicted molar refractivity (Wildman–Crippen MR) is 103 cm³/mol. The molecular weight excluding hydrogens is 378 g/mol. The summed E-state index contributed by atoms with van der Waals surface area (Å²) in [4.78, 5) is 20.4. The topological polar surface area (TPSA) is 77.6 Å². The molecule has 1 aliphatic carbocycles. The molecule has 3 heterocycles. The lowest BCUT2D eigenvalue weighted by Crippen LogP contribution is -2.36.